The van der Waals surface area contributed by atoms with Crippen LogP contribution in [0.3, 0.4) is 0 Å². The molecule has 178 valence electrons. The van der Waals surface area contributed by atoms with Gasteiger partial charge in [-0.15, -0.1) is 0 Å². The molecule has 1 atom stereocenters. The van der Waals surface area contributed by atoms with Gasteiger partial charge in [-0.3, -0.25) is 14.6 Å². The number of rotatable bonds is 4. The van der Waals surface area contributed by atoms with E-state index >= 15 is 0 Å². The Hall–Kier alpha value is -3.49. The molecule has 0 saturated heterocycles. The number of amides is 1. The third kappa shape index (κ3) is 3.59. The van der Waals surface area contributed by atoms with Crippen molar-refractivity contribution >= 4 is 33.3 Å². The Labute approximate surface area is 192 Å². The highest BCUT2D eigenvalue weighted by atomic mass is 35.5. The van der Waals surface area contributed by atoms with Crippen molar-refractivity contribution in [2.24, 2.45) is 0 Å². The second kappa shape index (κ2) is 7.78. The maximum atomic E-state index is 14.4. The van der Waals surface area contributed by atoms with E-state index in [4.69, 9.17) is 11.6 Å². The fourth-order valence-electron chi connectivity index (χ4n) is 3.45. The average Bonchev–Trinajstić information content (AvgIpc) is 3.02. The quantitative estimate of drug-likeness (QED) is 0.455. The predicted molar refractivity (Wildman–Crippen MR) is 111 cm³/mol. The number of fused-ring (bicyclic) bond motifs is 1. The fourth-order valence-corrected chi connectivity index (χ4v) is 4.91. The Kier molecular flexibility index (Phi) is 5.42. The van der Waals surface area contributed by atoms with Crippen LogP contribution in [0, 0.1) is 5.82 Å². The molecule has 3 aromatic rings. The number of aromatic nitrogens is 2. The predicted octanol–water partition coefficient (Wildman–Crippen LogP) is 2.01. The zero-order valence-electron chi connectivity index (χ0n) is 16.4. The van der Waals surface area contributed by atoms with E-state index in [-0.39, 0.29) is 10.7 Å². The minimum Gasteiger partial charge on any atom is -0.309 e. The molecule has 0 aliphatic carbocycles. The Morgan fingerprint density at radius 3 is 2.12 bits per heavy atom. The van der Waals surface area contributed by atoms with Gasteiger partial charge in [0, 0.05) is 5.02 Å². The van der Waals surface area contributed by atoms with Crippen molar-refractivity contribution in [3.05, 3.63) is 85.8 Å². The topological polar surface area (TPSA) is 130 Å². The minimum absolute atomic E-state index is 0.0909. The molecule has 0 saturated carbocycles. The number of hydrogen-bond acceptors (Lipinski definition) is 5. The third-order valence-electron chi connectivity index (χ3n) is 4.98. The van der Waals surface area contributed by atoms with Gasteiger partial charge in [-0.1, -0.05) is 11.6 Å². The number of nitrogens with zero attached hydrogens (tertiary/aromatic N) is 1. The Balaban J connectivity index is 2.01. The number of carbonyl (C=O) groups is 1. The van der Waals surface area contributed by atoms with E-state index in [0.29, 0.717) is 4.57 Å². The SMILES string of the molecule is O=C1Nc2c(c(=O)[nH]c(=O)n2-c2ccc(F)cc2)[C@]1(NS(=O)(=O)c1ccc(Cl)cc1)C(F)(F)F. The van der Waals surface area contributed by atoms with Gasteiger partial charge in [0.1, 0.15) is 11.6 Å². The van der Waals surface area contributed by atoms with Crippen LogP contribution in [0.4, 0.5) is 23.4 Å². The molecule has 34 heavy (non-hydrogen) atoms. The molecule has 1 amide bonds. The maximum Gasteiger partial charge on any atom is 0.421 e. The molecule has 0 spiro atoms. The van der Waals surface area contributed by atoms with Crippen LogP contribution < -0.4 is 21.3 Å². The van der Waals surface area contributed by atoms with Crippen molar-refractivity contribution in [3.8, 4) is 5.69 Å². The molecule has 2 heterocycles. The first-order valence-electron chi connectivity index (χ1n) is 9.11. The summed E-state index contributed by atoms with van der Waals surface area (Å²) < 4.78 is 84.0. The molecule has 0 radical (unpaired) electrons. The van der Waals surface area contributed by atoms with Crippen molar-refractivity contribution in [2.75, 3.05) is 5.32 Å². The first kappa shape index (κ1) is 23.7. The van der Waals surface area contributed by atoms with Crippen LogP contribution in [0.1, 0.15) is 5.56 Å². The van der Waals surface area contributed by atoms with Gasteiger partial charge in [-0.2, -0.15) is 17.9 Å². The Morgan fingerprint density at radius 2 is 1.56 bits per heavy atom. The average molecular weight is 519 g/mol. The summed E-state index contributed by atoms with van der Waals surface area (Å²) in [4.78, 5) is 38.7. The molecule has 1 aliphatic heterocycles. The first-order chi connectivity index (χ1) is 15.8. The normalized spacial score (nSPS) is 18.0. The molecule has 4 rings (SSSR count). The molecule has 9 nitrogen and oxygen atoms in total. The Bertz CT molecular complexity index is 1530. The van der Waals surface area contributed by atoms with Gasteiger partial charge in [-0.25, -0.2) is 22.2 Å². The highest BCUT2D eigenvalue weighted by molar-refractivity contribution is 7.89. The maximum absolute atomic E-state index is 14.4. The summed E-state index contributed by atoms with van der Waals surface area (Å²) in [6.45, 7) is 0. The third-order valence-corrected chi connectivity index (χ3v) is 6.70. The first-order valence-corrected chi connectivity index (χ1v) is 11.0. The van der Waals surface area contributed by atoms with Crippen molar-refractivity contribution in [1.29, 1.82) is 0 Å². The van der Waals surface area contributed by atoms with Crippen LogP contribution in [-0.4, -0.2) is 30.1 Å². The number of nitrogens with one attached hydrogen (secondary N) is 3. The number of anilines is 1. The minimum atomic E-state index is -5.68. The van der Waals surface area contributed by atoms with Gasteiger partial charge < -0.3 is 5.32 Å². The van der Waals surface area contributed by atoms with E-state index < -0.39 is 61.0 Å². The van der Waals surface area contributed by atoms with E-state index in [0.717, 1.165) is 48.5 Å². The number of sulfonamides is 1. The summed E-state index contributed by atoms with van der Waals surface area (Å²) in [6, 6.07) is 7.76. The highest BCUT2D eigenvalue weighted by Crippen LogP contribution is 2.46. The van der Waals surface area contributed by atoms with Gasteiger partial charge in [-0.05, 0) is 48.5 Å². The summed E-state index contributed by atoms with van der Waals surface area (Å²) in [7, 11) is -5.07. The van der Waals surface area contributed by atoms with Crippen LogP contribution in [0.5, 0.6) is 0 Å². The van der Waals surface area contributed by atoms with Gasteiger partial charge in [0.25, 0.3) is 11.5 Å². The second-order valence-electron chi connectivity index (χ2n) is 7.06. The van der Waals surface area contributed by atoms with Gasteiger partial charge in [0.2, 0.25) is 15.6 Å². The molecule has 0 unspecified atom stereocenters. The standard InChI is InChI=1S/C19H11ClF4N4O5S/c20-9-1-7-12(8-2-9)34(32,33)27-18(19(22,23)24)13-14(25-16(18)30)28(17(31)26-15(13)29)11-5-3-10(21)4-6-11/h1-8,27H,(H,25,30)(H,26,29,31)/t18-/m1/s1. The van der Waals surface area contributed by atoms with E-state index in [1.165, 1.54) is 4.72 Å². The number of carbonyl (C=O) groups excluding carboxylic acids is 1. The summed E-state index contributed by atoms with van der Waals surface area (Å²) in [5.74, 6) is -3.64. The van der Waals surface area contributed by atoms with Crippen molar-refractivity contribution in [2.45, 2.75) is 16.6 Å². The molecule has 0 bridgehead atoms. The van der Waals surface area contributed by atoms with Crippen molar-refractivity contribution in [1.82, 2.24) is 14.3 Å². The van der Waals surface area contributed by atoms with Crippen molar-refractivity contribution < 1.29 is 30.8 Å². The van der Waals surface area contributed by atoms with Crippen LogP contribution in [0.15, 0.2) is 63.0 Å². The largest absolute Gasteiger partial charge is 0.421 e. The lowest BCUT2D eigenvalue weighted by molar-refractivity contribution is -0.194. The molecule has 2 aromatic carbocycles. The molecular formula is C19H11ClF4N4O5S. The van der Waals surface area contributed by atoms with Gasteiger partial charge >= 0.3 is 11.9 Å². The smallest absolute Gasteiger partial charge is 0.309 e. The van der Waals surface area contributed by atoms with Crippen LogP contribution in [-0.2, 0) is 20.4 Å². The summed E-state index contributed by atoms with van der Waals surface area (Å²) in [5.41, 5.74) is -8.63. The lowest BCUT2D eigenvalue weighted by atomic mass is 9.93. The monoisotopic (exact) mass is 518 g/mol. The van der Waals surface area contributed by atoms with E-state index in [2.05, 4.69) is 0 Å². The molecule has 15 heteroatoms. The van der Waals surface area contributed by atoms with Crippen LogP contribution in [0.25, 0.3) is 5.69 Å². The van der Waals surface area contributed by atoms with E-state index in [9.17, 15) is 40.4 Å². The van der Waals surface area contributed by atoms with Gasteiger partial charge in [0.15, 0.2) is 0 Å². The number of H-pyrrole nitrogens is 1. The van der Waals surface area contributed by atoms with Gasteiger partial charge in [0.05, 0.1) is 16.1 Å². The second-order valence-corrected chi connectivity index (χ2v) is 9.17. The lowest BCUT2D eigenvalue weighted by Gasteiger charge is -2.29. The van der Waals surface area contributed by atoms with Crippen LogP contribution in [0.2, 0.25) is 5.02 Å². The number of halogens is 5. The molecule has 1 aliphatic rings. The zero-order chi connectivity index (χ0) is 25.1. The van der Waals surface area contributed by atoms with E-state index in [1.54, 1.807) is 10.3 Å². The molecule has 0 fully saturated rings. The molecule has 1 aromatic heterocycles. The highest BCUT2D eigenvalue weighted by Gasteiger charge is 2.69. The zero-order valence-corrected chi connectivity index (χ0v) is 18.0. The van der Waals surface area contributed by atoms with Crippen molar-refractivity contribution in [3.63, 3.8) is 0 Å². The lowest BCUT2D eigenvalue weighted by Crippen LogP contribution is -2.61. The summed E-state index contributed by atoms with van der Waals surface area (Å²) >= 11 is 5.68. The van der Waals surface area contributed by atoms with Crippen LogP contribution >= 0.6 is 11.6 Å². The number of alkyl halides is 3. The molecular weight excluding hydrogens is 508 g/mol. The number of benzene rings is 2. The summed E-state index contributed by atoms with van der Waals surface area (Å²) in [5, 5.41) is 1.87. The summed E-state index contributed by atoms with van der Waals surface area (Å²) in [6.07, 6.45) is -5.68. The number of aromatic amines is 1. The molecule has 3 N–H and O–H groups in total. The van der Waals surface area contributed by atoms with E-state index in [1.807, 2.05) is 0 Å². The Morgan fingerprint density at radius 1 is 0.971 bits per heavy atom. The fraction of sp³-hybridized carbons (Fsp3) is 0.105. The number of hydrogen-bond donors (Lipinski definition) is 3.